The van der Waals surface area contributed by atoms with Crippen molar-refractivity contribution in [3.05, 3.63) is 51.1 Å². The van der Waals surface area contributed by atoms with Crippen LogP contribution in [0.2, 0.25) is 0 Å². The van der Waals surface area contributed by atoms with Gasteiger partial charge in [-0.2, -0.15) is 0 Å². The summed E-state index contributed by atoms with van der Waals surface area (Å²) in [5.41, 5.74) is 3.62. The maximum atomic E-state index is 13.4. The molecular weight excluding hydrogens is 390 g/mol. The first-order valence-corrected chi connectivity index (χ1v) is 11.3. The summed E-state index contributed by atoms with van der Waals surface area (Å²) < 4.78 is 1.88. The molecule has 1 aliphatic heterocycles. The molecule has 8 heteroatoms. The highest BCUT2D eigenvalue weighted by molar-refractivity contribution is 5.83. The van der Waals surface area contributed by atoms with Crippen molar-refractivity contribution in [2.45, 2.75) is 53.1 Å². The minimum absolute atomic E-state index is 0.0487. The maximum Gasteiger partial charge on any atom is 0.258 e. The summed E-state index contributed by atoms with van der Waals surface area (Å²) in [5, 5.41) is 13.8. The summed E-state index contributed by atoms with van der Waals surface area (Å²) >= 11 is 0. The van der Waals surface area contributed by atoms with Crippen LogP contribution in [0.3, 0.4) is 0 Å². The number of aryl methyl sites for hydroxylation is 2. The van der Waals surface area contributed by atoms with Gasteiger partial charge in [0, 0.05) is 0 Å². The standard InChI is InChI=1S/C23H33N7O/c1-7-28-10-12-29(13-11-28)20(21-25-26-27-30(21)23(4,5)6)18-14-17-9-8-15(2)16(3)19(17)24-22(18)31/h8-9,14,20H,7,10-13H2,1-6H3,(H,24,31)/p+2/t20-/m1/s1. The van der Waals surface area contributed by atoms with Gasteiger partial charge in [-0.05, 0) is 74.5 Å². The van der Waals surface area contributed by atoms with Gasteiger partial charge in [-0.1, -0.05) is 12.1 Å². The average Bonchev–Trinajstić information content (AvgIpc) is 3.23. The summed E-state index contributed by atoms with van der Waals surface area (Å²) in [6.07, 6.45) is 0. The van der Waals surface area contributed by atoms with Crippen LogP contribution in [0.4, 0.5) is 0 Å². The molecule has 1 aromatic carbocycles. The van der Waals surface area contributed by atoms with Crippen LogP contribution in [0.25, 0.3) is 10.9 Å². The Morgan fingerprint density at radius 1 is 1.16 bits per heavy atom. The van der Waals surface area contributed by atoms with Gasteiger partial charge in [0.1, 0.15) is 26.2 Å². The Kier molecular flexibility index (Phi) is 5.70. The van der Waals surface area contributed by atoms with Gasteiger partial charge >= 0.3 is 0 Å². The van der Waals surface area contributed by atoms with E-state index in [0.29, 0.717) is 0 Å². The molecule has 1 atom stereocenters. The molecule has 0 aliphatic carbocycles. The number of pyridine rings is 1. The highest BCUT2D eigenvalue weighted by atomic mass is 16.1. The molecule has 0 saturated carbocycles. The first kappa shape index (κ1) is 21.6. The molecule has 0 spiro atoms. The molecule has 8 nitrogen and oxygen atoms in total. The van der Waals surface area contributed by atoms with E-state index in [2.05, 4.69) is 80.3 Å². The van der Waals surface area contributed by atoms with Crippen molar-refractivity contribution in [2.24, 2.45) is 0 Å². The molecule has 1 fully saturated rings. The normalized spacial score (nSPS) is 20.8. The Labute approximate surface area is 183 Å². The Bertz CT molecular complexity index is 1130. The minimum Gasteiger partial charge on any atom is -0.326 e. The fourth-order valence-electron chi connectivity index (χ4n) is 4.72. The van der Waals surface area contributed by atoms with Crippen molar-refractivity contribution < 1.29 is 9.80 Å². The molecule has 31 heavy (non-hydrogen) atoms. The van der Waals surface area contributed by atoms with Gasteiger partial charge in [-0.25, -0.2) is 4.68 Å². The largest absolute Gasteiger partial charge is 0.326 e. The van der Waals surface area contributed by atoms with Crippen LogP contribution in [0.1, 0.15) is 56.3 Å². The van der Waals surface area contributed by atoms with Crippen LogP contribution >= 0.6 is 0 Å². The zero-order chi connectivity index (χ0) is 22.3. The van der Waals surface area contributed by atoms with Crippen LogP contribution in [0, 0.1) is 13.8 Å². The van der Waals surface area contributed by atoms with E-state index in [1.54, 1.807) is 4.90 Å². The number of quaternary nitrogens is 2. The summed E-state index contributed by atoms with van der Waals surface area (Å²) in [6, 6.07) is 6.06. The molecule has 0 bridgehead atoms. The summed E-state index contributed by atoms with van der Waals surface area (Å²) in [4.78, 5) is 19.5. The topological polar surface area (TPSA) is 85.3 Å². The number of H-pyrrole nitrogens is 1. The quantitative estimate of drug-likeness (QED) is 0.540. The van der Waals surface area contributed by atoms with Crippen LogP contribution in [0.15, 0.2) is 23.0 Å². The van der Waals surface area contributed by atoms with E-state index < -0.39 is 0 Å². The number of aromatic nitrogens is 5. The summed E-state index contributed by atoms with van der Waals surface area (Å²) in [6.45, 7) is 17.9. The third-order valence-corrected chi connectivity index (χ3v) is 6.79. The Hall–Kier alpha value is -2.58. The van der Waals surface area contributed by atoms with Crippen molar-refractivity contribution >= 4 is 10.9 Å². The molecule has 166 valence electrons. The van der Waals surface area contributed by atoms with Crippen molar-refractivity contribution in [1.82, 2.24) is 25.2 Å². The number of hydrogen-bond acceptors (Lipinski definition) is 4. The molecule has 3 N–H and O–H groups in total. The SMILES string of the molecule is CC[NH+]1CC[NH+]([C@H](c2cc3ccc(C)c(C)c3[nH]c2=O)c2nnnn2C(C)(C)C)CC1. The first-order chi connectivity index (χ1) is 14.7. The minimum atomic E-state index is -0.273. The van der Waals surface area contributed by atoms with E-state index in [4.69, 9.17) is 0 Å². The van der Waals surface area contributed by atoms with Gasteiger partial charge in [-0.3, -0.25) is 4.79 Å². The number of nitrogens with one attached hydrogen (secondary N) is 3. The Morgan fingerprint density at radius 2 is 1.87 bits per heavy atom. The van der Waals surface area contributed by atoms with Gasteiger partial charge in [0.05, 0.1) is 23.2 Å². The summed E-state index contributed by atoms with van der Waals surface area (Å²) in [5.74, 6) is 0.760. The van der Waals surface area contributed by atoms with Crippen LogP contribution in [-0.2, 0) is 5.54 Å². The molecule has 3 aromatic rings. The average molecular weight is 426 g/mol. The third kappa shape index (κ3) is 4.02. The smallest absolute Gasteiger partial charge is 0.258 e. The van der Waals surface area contributed by atoms with E-state index >= 15 is 0 Å². The number of hydrogen-bond donors (Lipinski definition) is 3. The number of nitrogens with zero attached hydrogens (tertiary/aromatic N) is 4. The lowest BCUT2D eigenvalue weighted by atomic mass is 9.99. The van der Waals surface area contributed by atoms with Gasteiger partial charge in [0.15, 0.2) is 6.04 Å². The Balaban J connectivity index is 1.88. The van der Waals surface area contributed by atoms with Crippen LogP contribution < -0.4 is 15.4 Å². The molecule has 1 saturated heterocycles. The van der Waals surface area contributed by atoms with Gasteiger partial charge in [-0.15, -0.1) is 5.10 Å². The predicted octanol–water partition coefficient (Wildman–Crippen LogP) is -0.221. The van der Waals surface area contributed by atoms with Crippen molar-refractivity contribution in [3.63, 3.8) is 0 Å². The second kappa shape index (κ2) is 8.16. The van der Waals surface area contributed by atoms with E-state index in [0.717, 1.165) is 60.6 Å². The van der Waals surface area contributed by atoms with E-state index in [1.165, 1.54) is 10.5 Å². The number of fused-ring (bicyclic) bond motifs is 1. The van der Waals surface area contributed by atoms with Crippen molar-refractivity contribution in [2.75, 3.05) is 32.7 Å². The molecular formula is C23H35N7O+2. The van der Waals surface area contributed by atoms with Gasteiger partial charge < -0.3 is 14.8 Å². The predicted molar refractivity (Wildman–Crippen MR) is 121 cm³/mol. The van der Waals surface area contributed by atoms with E-state index in [-0.39, 0.29) is 17.1 Å². The summed E-state index contributed by atoms with van der Waals surface area (Å²) in [7, 11) is 0. The van der Waals surface area contributed by atoms with Crippen LogP contribution in [-0.4, -0.2) is 57.9 Å². The van der Waals surface area contributed by atoms with Gasteiger partial charge in [0.25, 0.3) is 5.56 Å². The lowest BCUT2D eigenvalue weighted by Gasteiger charge is -2.34. The number of aromatic amines is 1. The van der Waals surface area contributed by atoms with Crippen molar-refractivity contribution in [3.8, 4) is 0 Å². The van der Waals surface area contributed by atoms with Gasteiger partial charge in [0.2, 0.25) is 5.82 Å². The third-order valence-electron chi connectivity index (χ3n) is 6.79. The molecule has 4 rings (SSSR count). The number of likely N-dealkylation sites (N-methyl/N-ethyl adjacent to an activating group) is 1. The molecule has 3 heterocycles. The highest BCUT2D eigenvalue weighted by Crippen LogP contribution is 2.24. The Morgan fingerprint density at radius 3 is 2.52 bits per heavy atom. The number of rotatable bonds is 4. The highest BCUT2D eigenvalue weighted by Gasteiger charge is 2.38. The fraction of sp³-hybridized carbons (Fsp3) is 0.565. The molecule has 0 unspecified atom stereocenters. The zero-order valence-corrected chi connectivity index (χ0v) is 19.5. The van der Waals surface area contributed by atoms with E-state index in [9.17, 15) is 4.79 Å². The fourth-order valence-corrected chi connectivity index (χ4v) is 4.72. The zero-order valence-electron chi connectivity index (χ0n) is 19.5. The maximum absolute atomic E-state index is 13.4. The lowest BCUT2D eigenvalue weighted by Crippen LogP contribution is -3.28. The lowest BCUT2D eigenvalue weighted by molar-refractivity contribution is -1.02. The number of benzene rings is 1. The monoisotopic (exact) mass is 425 g/mol. The molecule has 0 radical (unpaired) electrons. The van der Waals surface area contributed by atoms with E-state index in [1.807, 2.05) is 4.68 Å². The number of piperazine rings is 1. The molecule has 1 aliphatic rings. The van der Waals surface area contributed by atoms with Crippen LogP contribution in [0.5, 0.6) is 0 Å². The number of tetrazole rings is 1. The second-order valence-electron chi connectivity index (χ2n) is 9.84. The molecule has 2 aromatic heterocycles. The van der Waals surface area contributed by atoms with Crippen molar-refractivity contribution in [1.29, 1.82) is 0 Å². The first-order valence-electron chi connectivity index (χ1n) is 11.3. The second-order valence-corrected chi connectivity index (χ2v) is 9.84. The molecule has 0 amide bonds.